The molecule has 0 saturated carbocycles. The van der Waals surface area contributed by atoms with Gasteiger partial charge in [0.05, 0.1) is 16.8 Å². The van der Waals surface area contributed by atoms with Gasteiger partial charge in [0.15, 0.2) is 0 Å². The summed E-state index contributed by atoms with van der Waals surface area (Å²) in [5.41, 5.74) is 6.76. The van der Waals surface area contributed by atoms with Gasteiger partial charge in [-0.3, -0.25) is 34.3 Å². The number of aromatic hydroxyl groups is 1. The van der Waals surface area contributed by atoms with Crippen molar-refractivity contribution in [2.75, 3.05) is 42.5 Å². The lowest BCUT2D eigenvalue weighted by molar-refractivity contribution is -0.136. The van der Waals surface area contributed by atoms with Crippen molar-refractivity contribution in [2.24, 2.45) is 5.92 Å². The number of hydrogen-bond acceptors (Lipinski definition) is 8. The van der Waals surface area contributed by atoms with E-state index in [4.69, 9.17) is 0 Å². The van der Waals surface area contributed by atoms with Crippen molar-refractivity contribution in [3.8, 4) is 5.75 Å². The smallest absolute Gasteiger partial charge is 0.262 e. The summed E-state index contributed by atoms with van der Waals surface area (Å²) < 4.78 is 15.7. The number of piperazine rings is 1. The second-order valence-electron chi connectivity index (χ2n) is 17.0. The predicted molar refractivity (Wildman–Crippen MR) is 220 cm³/mol. The van der Waals surface area contributed by atoms with Gasteiger partial charge in [0.1, 0.15) is 17.6 Å². The van der Waals surface area contributed by atoms with Crippen LogP contribution in [0.25, 0.3) is 0 Å². The SMILES string of the molecule is CC1CN(c2cc3c(cc2F)C(=O)N(C2CCC(=O)NC2=O)C3=O)CC(C)N1CC1CCN(c2ccc([C@@H]3c4ccc(O)cc4CC[C@@H]3c3ccccc3)cc2)CC1. The molecular weight excluding hydrogens is 734 g/mol. The molecule has 0 radical (unpaired) electrons. The number of nitrogens with one attached hydrogen (secondary N) is 1. The third-order valence-corrected chi connectivity index (χ3v) is 13.5. The van der Waals surface area contributed by atoms with Gasteiger partial charge in [-0.15, -0.1) is 0 Å². The lowest BCUT2D eigenvalue weighted by Crippen LogP contribution is -2.58. The number of hydrogen-bond donors (Lipinski definition) is 2. The molecule has 58 heavy (non-hydrogen) atoms. The lowest BCUT2D eigenvalue weighted by atomic mass is 9.69. The average Bonchev–Trinajstić information content (AvgIpc) is 3.46. The molecule has 0 bridgehead atoms. The fraction of sp³-hybridized carbons (Fsp3) is 0.404. The number of fused-ring (bicyclic) bond motifs is 2. The van der Waals surface area contributed by atoms with Crippen LogP contribution in [-0.2, 0) is 16.0 Å². The number of aryl methyl sites for hydroxylation is 1. The Morgan fingerprint density at radius 1 is 0.741 bits per heavy atom. The number of piperidine rings is 2. The first-order valence-corrected chi connectivity index (χ1v) is 20.8. The van der Waals surface area contributed by atoms with Gasteiger partial charge in [-0.05, 0) is 116 Å². The Balaban J connectivity index is 0.828. The van der Waals surface area contributed by atoms with Gasteiger partial charge in [-0.25, -0.2) is 4.39 Å². The van der Waals surface area contributed by atoms with E-state index >= 15 is 4.39 Å². The van der Waals surface area contributed by atoms with Crippen LogP contribution in [0.5, 0.6) is 5.75 Å². The summed E-state index contributed by atoms with van der Waals surface area (Å²) in [7, 11) is 0. The maximum absolute atomic E-state index is 15.7. The normalized spacial score (nSPS) is 25.5. The minimum Gasteiger partial charge on any atom is -0.508 e. The number of imide groups is 2. The number of nitrogens with zero attached hydrogens (tertiary/aromatic N) is 4. The van der Waals surface area contributed by atoms with Crippen molar-refractivity contribution >= 4 is 35.0 Å². The number of rotatable bonds is 7. The molecule has 2 N–H and O–H groups in total. The highest BCUT2D eigenvalue weighted by Gasteiger charge is 2.46. The molecule has 1 aliphatic carbocycles. The molecule has 4 amide bonds. The van der Waals surface area contributed by atoms with Gasteiger partial charge in [-0.1, -0.05) is 48.5 Å². The number of benzene rings is 4. The topological polar surface area (TPSA) is 113 Å². The quantitative estimate of drug-likeness (QED) is 0.202. The maximum atomic E-state index is 15.7. The molecule has 4 heterocycles. The number of carbonyl (C=O) groups is 4. The number of amides is 4. The van der Waals surface area contributed by atoms with Crippen LogP contribution in [-0.4, -0.2) is 89.4 Å². The number of phenols is 1. The van der Waals surface area contributed by atoms with Crippen molar-refractivity contribution in [1.29, 1.82) is 0 Å². The first-order chi connectivity index (χ1) is 28.0. The van der Waals surface area contributed by atoms with Crippen LogP contribution in [0.15, 0.2) is 84.9 Å². The van der Waals surface area contributed by atoms with Gasteiger partial charge in [-0.2, -0.15) is 0 Å². The van der Waals surface area contributed by atoms with E-state index in [9.17, 15) is 24.3 Å². The molecule has 4 aliphatic heterocycles. The molecule has 10 nitrogen and oxygen atoms in total. The van der Waals surface area contributed by atoms with E-state index in [0.29, 0.717) is 30.7 Å². The van der Waals surface area contributed by atoms with Crippen molar-refractivity contribution < 1.29 is 28.7 Å². The summed E-state index contributed by atoms with van der Waals surface area (Å²) in [5.74, 6) is -1.59. The van der Waals surface area contributed by atoms with E-state index in [2.05, 4.69) is 89.6 Å². The van der Waals surface area contributed by atoms with Crippen molar-refractivity contribution in [1.82, 2.24) is 15.1 Å². The van der Waals surface area contributed by atoms with E-state index in [1.165, 1.54) is 34.0 Å². The number of anilines is 2. The van der Waals surface area contributed by atoms with Crippen molar-refractivity contribution in [3.05, 3.63) is 124 Å². The van der Waals surface area contributed by atoms with Gasteiger partial charge in [0.2, 0.25) is 11.8 Å². The standard InChI is InChI=1S/C47H50FN5O5/c1-28-25-51(42-24-39-38(23-40(42)48)46(57)53(47(39)58)41-16-17-43(55)49-45(41)56)26-29(2)52(28)27-30-18-20-50(21-19-30)34-11-8-32(9-12-34)44-36(31-6-4-3-5-7-31)14-10-33-22-35(54)13-15-37(33)44/h3-9,11-13,15,22-24,28-30,36,41,44,54H,10,14,16-21,25-27H2,1-2H3,(H,49,55,56)/t28?,29?,36-,41?,44+/m1/s1. The van der Waals surface area contributed by atoms with Crippen molar-refractivity contribution in [3.63, 3.8) is 0 Å². The minimum absolute atomic E-state index is 0.0252. The number of carbonyl (C=O) groups excluding carboxylic acids is 4. The molecule has 11 heteroatoms. The van der Waals surface area contributed by atoms with Crippen LogP contribution >= 0.6 is 0 Å². The average molecular weight is 784 g/mol. The maximum Gasteiger partial charge on any atom is 0.262 e. The third kappa shape index (κ3) is 6.93. The van der Waals surface area contributed by atoms with E-state index in [1.807, 2.05) is 17.0 Å². The Kier molecular flexibility index (Phi) is 10.0. The third-order valence-electron chi connectivity index (χ3n) is 13.5. The first kappa shape index (κ1) is 38.0. The van der Waals surface area contributed by atoms with Crippen LogP contribution in [0.1, 0.15) is 101 Å². The van der Waals surface area contributed by atoms with E-state index in [1.54, 1.807) is 0 Å². The summed E-state index contributed by atoms with van der Waals surface area (Å²) in [6.45, 7) is 8.40. The second kappa shape index (κ2) is 15.3. The van der Waals surface area contributed by atoms with Crippen LogP contribution in [0.2, 0.25) is 0 Å². The molecule has 3 fully saturated rings. The molecule has 300 valence electrons. The fourth-order valence-corrected chi connectivity index (χ4v) is 10.5. The van der Waals surface area contributed by atoms with Crippen LogP contribution in [0.3, 0.4) is 0 Å². The largest absolute Gasteiger partial charge is 0.508 e. The highest BCUT2D eigenvalue weighted by Crippen LogP contribution is 2.47. The van der Waals surface area contributed by atoms with E-state index in [-0.39, 0.29) is 47.7 Å². The second-order valence-corrected chi connectivity index (χ2v) is 17.0. The molecule has 3 unspecified atom stereocenters. The zero-order valence-corrected chi connectivity index (χ0v) is 33.1. The van der Waals surface area contributed by atoms with E-state index in [0.717, 1.165) is 56.3 Å². The minimum atomic E-state index is -1.09. The fourth-order valence-electron chi connectivity index (χ4n) is 10.5. The first-order valence-electron chi connectivity index (χ1n) is 20.8. The zero-order valence-electron chi connectivity index (χ0n) is 33.1. The molecule has 5 aliphatic rings. The molecule has 0 aromatic heterocycles. The summed E-state index contributed by atoms with van der Waals surface area (Å²) in [4.78, 5) is 58.8. The summed E-state index contributed by atoms with van der Waals surface area (Å²) >= 11 is 0. The number of phenolic OH excluding ortho intramolecular Hbond substituents is 1. The van der Waals surface area contributed by atoms with Gasteiger partial charge < -0.3 is 14.9 Å². The molecule has 4 aromatic rings. The monoisotopic (exact) mass is 783 g/mol. The highest BCUT2D eigenvalue weighted by atomic mass is 19.1. The molecular formula is C47H50FN5O5. The Morgan fingerprint density at radius 3 is 2.12 bits per heavy atom. The zero-order chi connectivity index (χ0) is 40.2. The van der Waals surface area contributed by atoms with Crippen LogP contribution in [0.4, 0.5) is 15.8 Å². The van der Waals surface area contributed by atoms with Gasteiger partial charge in [0, 0.05) is 62.8 Å². The predicted octanol–water partition coefficient (Wildman–Crippen LogP) is 6.61. The Hall–Kier alpha value is -5.55. The van der Waals surface area contributed by atoms with Gasteiger partial charge in [0.25, 0.3) is 11.8 Å². The molecule has 3 saturated heterocycles. The summed E-state index contributed by atoms with van der Waals surface area (Å²) in [6, 6.07) is 27.6. The van der Waals surface area contributed by atoms with Crippen LogP contribution < -0.4 is 15.1 Å². The molecule has 5 atom stereocenters. The van der Waals surface area contributed by atoms with Crippen molar-refractivity contribution in [2.45, 2.75) is 82.3 Å². The Labute approximate surface area is 338 Å². The molecule has 4 aromatic carbocycles. The molecule has 0 spiro atoms. The van der Waals surface area contributed by atoms with E-state index < -0.39 is 35.5 Å². The number of halogens is 1. The Morgan fingerprint density at radius 2 is 1.43 bits per heavy atom. The molecule has 9 rings (SSSR count). The summed E-state index contributed by atoms with van der Waals surface area (Å²) in [6.07, 6.45) is 4.22. The lowest BCUT2D eigenvalue weighted by Gasteiger charge is -2.47. The van der Waals surface area contributed by atoms with Crippen LogP contribution in [0, 0.1) is 11.7 Å². The summed E-state index contributed by atoms with van der Waals surface area (Å²) in [5, 5.41) is 12.4. The highest BCUT2D eigenvalue weighted by molar-refractivity contribution is 6.23. The van der Waals surface area contributed by atoms with Gasteiger partial charge >= 0.3 is 0 Å². The Bertz CT molecular complexity index is 2250.